The minimum atomic E-state index is -3.99. The molecule has 11 heteroatoms. The van der Waals surface area contributed by atoms with Gasteiger partial charge in [-0.15, -0.1) is 0 Å². The van der Waals surface area contributed by atoms with E-state index in [1.807, 2.05) is 30.3 Å². The number of halogens is 3. The highest BCUT2D eigenvalue weighted by atomic mass is 35.5. The van der Waals surface area contributed by atoms with Gasteiger partial charge < -0.3 is 10.2 Å². The first-order valence-corrected chi connectivity index (χ1v) is 14.8. The van der Waals surface area contributed by atoms with E-state index in [-0.39, 0.29) is 29.7 Å². The average Bonchev–Trinajstić information content (AvgIpc) is 2.86. The first-order valence-electron chi connectivity index (χ1n) is 12.2. The van der Waals surface area contributed by atoms with Crippen LogP contribution in [-0.4, -0.2) is 50.0 Å². The van der Waals surface area contributed by atoms with Crippen molar-refractivity contribution in [2.45, 2.75) is 38.9 Å². The fraction of sp³-hybridized carbons (Fsp3) is 0.286. The first kappa shape index (κ1) is 30.4. The van der Waals surface area contributed by atoms with Crippen molar-refractivity contribution in [2.75, 3.05) is 17.1 Å². The van der Waals surface area contributed by atoms with E-state index in [1.165, 1.54) is 23.1 Å². The van der Waals surface area contributed by atoms with Crippen LogP contribution in [0.1, 0.15) is 25.0 Å². The van der Waals surface area contributed by atoms with Gasteiger partial charge in [0.05, 0.1) is 22.0 Å². The van der Waals surface area contributed by atoms with Crippen molar-refractivity contribution >= 4 is 50.7 Å². The van der Waals surface area contributed by atoms with Gasteiger partial charge in [-0.1, -0.05) is 65.7 Å². The number of anilines is 1. The molecule has 0 aromatic heterocycles. The number of nitrogens with zero attached hydrogens (tertiary/aromatic N) is 2. The summed E-state index contributed by atoms with van der Waals surface area (Å²) in [6.45, 7) is 2.90. The van der Waals surface area contributed by atoms with Crippen molar-refractivity contribution in [1.29, 1.82) is 0 Å². The van der Waals surface area contributed by atoms with Crippen LogP contribution in [0.25, 0.3) is 0 Å². The zero-order chi connectivity index (χ0) is 28.7. The third-order valence-corrected chi connectivity index (χ3v) is 7.69. The molecule has 3 rings (SSSR count). The molecular formula is C28H30Cl2FN3O4S. The summed E-state index contributed by atoms with van der Waals surface area (Å²) < 4.78 is 40.2. The summed E-state index contributed by atoms with van der Waals surface area (Å²) in [5.41, 5.74) is 1.38. The van der Waals surface area contributed by atoms with Crippen molar-refractivity contribution in [3.63, 3.8) is 0 Å². The van der Waals surface area contributed by atoms with Gasteiger partial charge in [-0.2, -0.15) is 0 Å². The molecule has 0 aliphatic carbocycles. The van der Waals surface area contributed by atoms with Crippen LogP contribution in [0, 0.1) is 5.82 Å². The zero-order valence-corrected chi connectivity index (χ0v) is 24.1. The predicted octanol–water partition coefficient (Wildman–Crippen LogP) is 5.06. The van der Waals surface area contributed by atoms with Gasteiger partial charge in [-0.3, -0.25) is 13.9 Å². The molecule has 0 saturated heterocycles. The number of nitrogens with one attached hydrogen (secondary N) is 1. The Labute approximate surface area is 238 Å². The SMILES string of the molecule is CC(C)NC(=O)[C@@H](Cc1ccccc1)N(Cc1ccc(Cl)c(Cl)c1)C(=O)CN(c1cccc(F)c1)S(C)(=O)=O. The number of hydrogen-bond donors (Lipinski definition) is 1. The molecule has 0 aliphatic heterocycles. The van der Waals surface area contributed by atoms with Crippen molar-refractivity contribution in [2.24, 2.45) is 0 Å². The van der Waals surface area contributed by atoms with Crippen LogP contribution in [-0.2, 0) is 32.6 Å². The van der Waals surface area contributed by atoms with Crippen molar-refractivity contribution < 1.29 is 22.4 Å². The quantitative estimate of drug-likeness (QED) is 0.336. The van der Waals surface area contributed by atoms with Crippen LogP contribution in [0.4, 0.5) is 10.1 Å². The number of amides is 2. The Morgan fingerprint density at radius 1 is 0.923 bits per heavy atom. The third kappa shape index (κ3) is 8.68. The molecule has 3 aromatic carbocycles. The van der Waals surface area contributed by atoms with Crippen LogP contribution >= 0.6 is 23.2 Å². The Hall–Kier alpha value is -3.14. The summed E-state index contributed by atoms with van der Waals surface area (Å²) in [4.78, 5) is 28.7. The van der Waals surface area contributed by atoms with E-state index >= 15 is 0 Å². The summed E-state index contributed by atoms with van der Waals surface area (Å²) in [6.07, 6.45) is 1.10. The zero-order valence-electron chi connectivity index (χ0n) is 21.8. The summed E-state index contributed by atoms with van der Waals surface area (Å²) in [6, 6.07) is 17.8. The molecule has 0 saturated carbocycles. The summed E-state index contributed by atoms with van der Waals surface area (Å²) in [7, 11) is -3.99. The lowest BCUT2D eigenvalue weighted by atomic mass is 10.0. The lowest BCUT2D eigenvalue weighted by Crippen LogP contribution is -2.54. The van der Waals surface area contributed by atoms with Crippen LogP contribution in [0.2, 0.25) is 10.0 Å². The molecule has 7 nitrogen and oxygen atoms in total. The molecule has 0 spiro atoms. The largest absolute Gasteiger partial charge is 0.352 e. The predicted molar refractivity (Wildman–Crippen MR) is 153 cm³/mol. The van der Waals surface area contributed by atoms with E-state index in [1.54, 1.807) is 32.0 Å². The molecule has 1 N–H and O–H groups in total. The molecule has 0 heterocycles. The van der Waals surface area contributed by atoms with Crippen LogP contribution in [0.3, 0.4) is 0 Å². The Balaban J connectivity index is 2.07. The monoisotopic (exact) mass is 593 g/mol. The Kier molecular flexibility index (Phi) is 10.4. The fourth-order valence-electron chi connectivity index (χ4n) is 4.01. The van der Waals surface area contributed by atoms with E-state index < -0.39 is 40.2 Å². The molecule has 0 unspecified atom stereocenters. The van der Waals surface area contributed by atoms with E-state index in [2.05, 4.69) is 5.32 Å². The van der Waals surface area contributed by atoms with E-state index in [4.69, 9.17) is 23.2 Å². The lowest BCUT2D eigenvalue weighted by Gasteiger charge is -2.34. The topological polar surface area (TPSA) is 86.8 Å². The van der Waals surface area contributed by atoms with E-state index in [0.29, 0.717) is 10.6 Å². The van der Waals surface area contributed by atoms with Gasteiger partial charge in [-0.25, -0.2) is 12.8 Å². The molecule has 0 aliphatic rings. The highest BCUT2D eigenvalue weighted by Gasteiger charge is 2.33. The van der Waals surface area contributed by atoms with Crippen LogP contribution in [0.5, 0.6) is 0 Å². The minimum absolute atomic E-state index is 0.00780. The Bertz CT molecular complexity index is 1420. The Morgan fingerprint density at radius 3 is 2.21 bits per heavy atom. The smallest absolute Gasteiger partial charge is 0.244 e. The standard InChI is InChI=1S/C28H30Cl2FN3O4S/c1-19(2)32-28(36)26(15-20-8-5-4-6-9-20)33(17-21-12-13-24(29)25(30)14-21)27(35)18-34(39(3,37)38)23-11-7-10-22(31)16-23/h4-14,16,19,26H,15,17-18H2,1-3H3,(H,32,36)/t26-/m1/s1. The van der Waals surface area contributed by atoms with E-state index in [9.17, 15) is 22.4 Å². The number of benzene rings is 3. The van der Waals surface area contributed by atoms with Crippen LogP contribution in [0.15, 0.2) is 72.8 Å². The van der Waals surface area contributed by atoms with Crippen molar-refractivity contribution in [1.82, 2.24) is 10.2 Å². The summed E-state index contributed by atoms with van der Waals surface area (Å²) >= 11 is 12.3. The van der Waals surface area contributed by atoms with E-state index in [0.717, 1.165) is 22.2 Å². The van der Waals surface area contributed by atoms with Gasteiger partial charge >= 0.3 is 0 Å². The molecule has 39 heavy (non-hydrogen) atoms. The second kappa shape index (κ2) is 13.3. The molecular weight excluding hydrogens is 564 g/mol. The highest BCUT2D eigenvalue weighted by Crippen LogP contribution is 2.25. The molecule has 0 bridgehead atoms. The van der Waals surface area contributed by atoms with Gasteiger partial charge in [-0.05, 0) is 55.3 Å². The van der Waals surface area contributed by atoms with Gasteiger partial charge in [0.1, 0.15) is 18.4 Å². The lowest BCUT2D eigenvalue weighted by molar-refractivity contribution is -0.140. The first-order chi connectivity index (χ1) is 18.3. The van der Waals surface area contributed by atoms with Crippen molar-refractivity contribution in [3.05, 3.63) is 99.8 Å². The number of sulfonamides is 1. The minimum Gasteiger partial charge on any atom is -0.352 e. The van der Waals surface area contributed by atoms with Gasteiger partial charge in [0, 0.05) is 19.0 Å². The number of carbonyl (C=O) groups is 2. The van der Waals surface area contributed by atoms with Crippen LogP contribution < -0.4 is 9.62 Å². The third-order valence-electron chi connectivity index (χ3n) is 5.81. The molecule has 208 valence electrons. The maximum atomic E-state index is 14.0. The second-order valence-electron chi connectivity index (χ2n) is 9.39. The number of hydrogen-bond acceptors (Lipinski definition) is 4. The average molecular weight is 595 g/mol. The van der Waals surface area contributed by atoms with Gasteiger partial charge in [0.25, 0.3) is 0 Å². The summed E-state index contributed by atoms with van der Waals surface area (Å²) in [5, 5.41) is 3.46. The highest BCUT2D eigenvalue weighted by molar-refractivity contribution is 7.92. The number of rotatable bonds is 11. The van der Waals surface area contributed by atoms with Crippen molar-refractivity contribution in [3.8, 4) is 0 Å². The second-order valence-corrected chi connectivity index (χ2v) is 12.1. The summed E-state index contributed by atoms with van der Waals surface area (Å²) in [5.74, 6) is -1.71. The maximum absolute atomic E-state index is 14.0. The Morgan fingerprint density at radius 2 is 1.62 bits per heavy atom. The molecule has 1 atom stereocenters. The van der Waals surface area contributed by atoms with Gasteiger partial charge in [0.2, 0.25) is 21.8 Å². The fourth-order valence-corrected chi connectivity index (χ4v) is 5.18. The maximum Gasteiger partial charge on any atom is 0.244 e. The number of carbonyl (C=O) groups excluding carboxylic acids is 2. The van der Waals surface area contributed by atoms with Gasteiger partial charge in [0.15, 0.2) is 0 Å². The normalized spacial score (nSPS) is 12.2. The molecule has 0 radical (unpaired) electrons. The molecule has 3 aromatic rings. The molecule has 0 fully saturated rings. The molecule has 2 amide bonds.